The van der Waals surface area contributed by atoms with Crippen molar-refractivity contribution in [3.63, 3.8) is 0 Å². The van der Waals surface area contributed by atoms with Crippen molar-refractivity contribution in [1.29, 1.82) is 0 Å². The maximum atomic E-state index is 13.3. The van der Waals surface area contributed by atoms with Crippen molar-refractivity contribution >= 4 is 31.8 Å². The van der Waals surface area contributed by atoms with E-state index in [0.717, 1.165) is 6.07 Å². The van der Waals surface area contributed by atoms with Gasteiger partial charge >= 0.3 is 23.9 Å². The Bertz CT molecular complexity index is 883. The fraction of sp³-hybridized carbons (Fsp3) is 0.500. The van der Waals surface area contributed by atoms with Crippen molar-refractivity contribution in [2.45, 2.75) is 37.5 Å². The number of halogens is 6. The average Bonchev–Trinajstić information content (AvgIpc) is 2.52. The number of hydrogen-bond donors (Lipinski definition) is 2. The number of phenols is 1. The molecular formula is C14H12B2F6O6S. The van der Waals surface area contributed by atoms with Gasteiger partial charge in [0.1, 0.15) is 11.5 Å². The third-order valence-corrected chi connectivity index (χ3v) is 4.64. The lowest BCUT2D eigenvalue weighted by molar-refractivity contribution is -0.356. The van der Waals surface area contributed by atoms with Gasteiger partial charge in [0.25, 0.3) is 10.1 Å². The molecule has 0 aliphatic heterocycles. The number of esters is 1. The van der Waals surface area contributed by atoms with E-state index in [9.17, 15) is 44.7 Å². The number of hydrogen-bond acceptors (Lipinski definition) is 5. The minimum Gasteiger partial charge on any atom is -0.507 e. The van der Waals surface area contributed by atoms with Crippen LogP contribution in [-0.4, -0.2) is 63.4 Å². The maximum absolute atomic E-state index is 13.3. The first-order chi connectivity index (χ1) is 12.9. The second kappa shape index (κ2) is 8.09. The number of phenolic OH excluding ortho intramolecular Hbond substituents is 1. The predicted molar refractivity (Wildman–Crippen MR) is 88.4 cm³/mol. The Morgan fingerprint density at radius 3 is 1.93 bits per heavy atom. The summed E-state index contributed by atoms with van der Waals surface area (Å²) in [4.78, 5) is 12.3. The number of carbonyl (C=O) groups is 1. The van der Waals surface area contributed by atoms with Crippen LogP contribution < -0.4 is 0 Å². The Kier molecular flexibility index (Phi) is 7.02. The van der Waals surface area contributed by atoms with E-state index in [1.165, 1.54) is 6.92 Å². The molecule has 0 saturated carbocycles. The van der Waals surface area contributed by atoms with Crippen LogP contribution in [0.5, 0.6) is 5.75 Å². The van der Waals surface area contributed by atoms with Crippen LogP contribution in [0.4, 0.5) is 26.3 Å². The smallest absolute Gasteiger partial charge is 0.438 e. The number of aromatic hydroxyl groups is 1. The van der Waals surface area contributed by atoms with E-state index in [0.29, 0.717) is 0 Å². The summed E-state index contributed by atoms with van der Waals surface area (Å²) in [5.74, 6) is -6.03. The molecule has 0 amide bonds. The van der Waals surface area contributed by atoms with E-state index in [1.54, 1.807) is 0 Å². The number of alkyl halides is 6. The van der Waals surface area contributed by atoms with Gasteiger partial charge in [-0.1, -0.05) is 18.7 Å². The van der Waals surface area contributed by atoms with Crippen LogP contribution in [0, 0.1) is 6.92 Å². The molecule has 0 bridgehead atoms. The van der Waals surface area contributed by atoms with Gasteiger partial charge in [0.2, 0.25) is 0 Å². The van der Waals surface area contributed by atoms with Gasteiger partial charge in [-0.2, -0.15) is 34.8 Å². The first kappa shape index (κ1) is 25.1. The van der Waals surface area contributed by atoms with Crippen molar-refractivity contribution in [1.82, 2.24) is 0 Å². The molecule has 0 spiro atoms. The summed E-state index contributed by atoms with van der Waals surface area (Å²) < 4.78 is 114. The number of aryl methyl sites for hydroxylation is 1. The van der Waals surface area contributed by atoms with Crippen molar-refractivity contribution < 1.29 is 54.0 Å². The third kappa shape index (κ3) is 5.00. The maximum Gasteiger partial charge on any atom is 0.438 e. The Labute approximate surface area is 163 Å². The first-order valence-corrected chi connectivity index (χ1v) is 9.09. The molecule has 0 unspecified atom stereocenters. The molecule has 6 nitrogen and oxygen atoms in total. The van der Waals surface area contributed by atoms with Gasteiger partial charge in [0, 0.05) is 5.56 Å². The summed E-state index contributed by atoms with van der Waals surface area (Å²) in [6.45, 7) is 1.30. The molecule has 0 aromatic heterocycles. The van der Waals surface area contributed by atoms with E-state index in [4.69, 9.17) is 20.2 Å². The van der Waals surface area contributed by atoms with Gasteiger partial charge in [-0.25, -0.2) is 4.79 Å². The number of ether oxygens (including phenoxy) is 1. The molecule has 1 aromatic rings. The summed E-state index contributed by atoms with van der Waals surface area (Å²) in [6.07, 6.45) is -14.2. The van der Waals surface area contributed by atoms with Gasteiger partial charge in [-0.05, 0) is 18.1 Å². The largest absolute Gasteiger partial charge is 0.507 e. The van der Waals surface area contributed by atoms with Crippen molar-refractivity contribution in [2.24, 2.45) is 0 Å². The second-order valence-electron chi connectivity index (χ2n) is 5.90. The lowest BCUT2D eigenvalue weighted by atomic mass is 9.83. The summed E-state index contributed by atoms with van der Waals surface area (Å²) >= 11 is 0. The number of benzene rings is 1. The summed E-state index contributed by atoms with van der Waals surface area (Å²) in [5.41, 5.74) is -7.37. The summed E-state index contributed by atoms with van der Waals surface area (Å²) in [5, 5.41) is 9.94. The Balaban J connectivity index is 3.77. The van der Waals surface area contributed by atoms with Gasteiger partial charge in [0.15, 0.2) is 0 Å². The Hall–Kier alpha value is -1.89. The van der Waals surface area contributed by atoms with E-state index in [-0.39, 0.29) is 11.1 Å². The molecule has 158 valence electrons. The van der Waals surface area contributed by atoms with E-state index in [2.05, 4.69) is 4.74 Å². The molecule has 1 aromatic carbocycles. The van der Waals surface area contributed by atoms with Crippen molar-refractivity contribution in [3.05, 3.63) is 28.3 Å². The van der Waals surface area contributed by atoms with Crippen LogP contribution in [0.2, 0.25) is 0 Å². The van der Waals surface area contributed by atoms with E-state index in [1.807, 2.05) is 0 Å². The number of rotatable bonds is 6. The highest BCUT2D eigenvalue weighted by molar-refractivity contribution is 7.85. The standard InChI is InChI=1S/C14H12B2F6O6S/c1-6-2-7(3-15)9(8(4-16)10(6)23)11(24)28-12(13(17,18)19,14(20,21)22)5-29(25,26)27/h2,23H,3-5H2,1H3,(H,25,26,27). The quantitative estimate of drug-likeness (QED) is 0.301. The highest BCUT2D eigenvalue weighted by atomic mass is 32.2. The second-order valence-corrected chi connectivity index (χ2v) is 7.35. The molecule has 0 aliphatic carbocycles. The third-order valence-electron chi connectivity index (χ3n) is 3.87. The molecule has 0 fully saturated rings. The zero-order chi connectivity index (χ0) is 23.0. The topological polar surface area (TPSA) is 101 Å². The van der Waals surface area contributed by atoms with Gasteiger partial charge in [0.05, 0.1) is 21.3 Å². The van der Waals surface area contributed by atoms with E-state index >= 15 is 0 Å². The minimum absolute atomic E-state index is 0.0679. The van der Waals surface area contributed by atoms with Crippen LogP contribution in [0.25, 0.3) is 0 Å². The minimum atomic E-state index is -6.49. The molecule has 0 atom stereocenters. The lowest BCUT2D eigenvalue weighted by Crippen LogP contribution is -2.63. The van der Waals surface area contributed by atoms with Crippen LogP contribution in [-0.2, 0) is 27.5 Å². The van der Waals surface area contributed by atoms with Gasteiger partial charge < -0.3 is 9.84 Å². The Morgan fingerprint density at radius 2 is 1.59 bits per heavy atom. The van der Waals surface area contributed by atoms with Crippen LogP contribution in [0.1, 0.15) is 27.0 Å². The van der Waals surface area contributed by atoms with E-state index < -0.39 is 69.3 Å². The van der Waals surface area contributed by atoms with Crippen LogP contribution in [0.15, 0.2) is 6.07 Å². The predicted octanol–water partition coefficient (Wildman–Crippen LogP) is 1.95. The molecule has 0 saturated heterocycles. The Morgan fingerprint density at radius 1 is 1.10 bits per heavy atom. The van der Waals surface area contributed by atoms with Gasteiger partial charge in [-0.15, -0.1) is 0 Å². The normalized spacial score (nSPS) is 13.4. The van der Waals surface area contributed by atoms with Crippen molar-refractivity contribution in [3.8, 4) is 5.75 Å². The zero-order valence-electron chi connectivity index (χ0n) is 14.6. The molecule has 2 N–H and O–H groups in total. The molecule has 29 heavy (non-hydrogen) atoms. The zero-order valence-corrected chi connectivity index (χ0v) is 15.4. The molecule has 15 heteroatoms. The fourth-order valence-electron chi connectivity index (χ4n) is 2.50. The molecule has 0 heterocycles. The lowest BCUT2D eigenvalue weighted by Gasteiger charge is -2.35. The highest BCUT2D eigenvalue weighted by Crippen LogP contribution is 2.47. The molecule has 0 aliphatic rings. The van der Waals surface area contributed by atoms with Crippen LogP contribution >= 0.6 is 0 Å². The molecular weight excluding hydrogens is 432 g/mol. The fourth-order valence-corrected chi connectivity index (χ4v) is 3.40. The van der Waals surface area contributed by atoms with Crippen LogP contribution in [0.3, 0.4) is 0 Å². The SMILES string of the molecule is [B]Cc1cc(C)c(O)c(C[B])c1C(=O)OC(CS(=O)(=O)O)(C(F)(F)F)C(F)(F)F. The number of carbonyl (C=O) groups excluding carboxylic acids is 1. The monoisotopic (exact) mass is 444 g/mol. The first-order valence-electron chi connectivity index (χ1n) is 7.48. The van der Waals surface area contributed by atoms with Crippen molar-refractivity contribution in [2.75, 3.05) is 5.75 Å². The summed E-state index contributed by atoms with van der Waals surface area (Å²) in [7, 11) is 4.75. The highest BCUT2D eigenvalue weighted by Gasteiger charge is 2.76. The van der Waals surface area contributed by atoms with Gasteiger partial charge in [-0.3, -0.25) is 4.55 Å². The average molecular weight is 444 g/mol. The molecule has 4 radical (unpaired) electrons. The summed E-state index contributed by atoms with van der Waals surface area (Å²) in [6, 6.07) is 1.01. The molecule has 1 rings (SSSR count).